The summed E-state index contributed by atoms with van der Waals surface area (Å²) >= 11 is 0. The second-order valence-electron chi connectivity index (χ2n) is 5.37. The lowest BCUT2D eigenvalue weighted by molar-refractivity contribution is -0.137. The maximum Gasteiger partial charge on any atom is 0.263 e. The molecule has 0 heterocycles. The van der Waals surface area contributed by atoms with E-state index in [2.05, 4.69) is 18.7 Å². The number of carbonyl (C=O) groups excluding carboxylic acids is 1. The van der Waals surface area contributed by atoms with E-state index >= 15 is 0 Å². The van der Waals surface area contributed by atoms with Gasteiger partial charge in [-0.05, 0) is 52.0 Å². The van der Waals surface area contributed by atoms with Gasteiger partial charge in [0.1, 0.15) is 5.75 Å². The number of likely N-dealkylation sites (N-methyl/N-ethyl adjacent to an activating group) is 1. The monoisotopic (exact) mass is 306 g/mol. The zero-order chi connectivity index (χ0) is 16.4. The van der Waals surface area contributed by atoms with E-state index in [9.17, 15) is 4.79 Å². The Balaban J connectivity index is 2.45. The van der Waals surface area contributed by atoms with Crippen molar-refractivity contribution < 1.29 is 9.53 Å². The van der Waals surface area contributed by atoms with Crippen LogP contribution in [-0.4, -0.2) is 54.5 Å². The van der Waals surface area contributed by atoms with Crippen LogP contribution in [0.4, 0.5) is 0 Å². The normalized spacial score (nSPS) is 12.2. The predicted molar refractivity (Wildman–Crippen MR) is 91.2 cm³/mol. The first-order chi connectivity index (χ1) is 10.6. The molecule has 0 N–H and O–H groups in total. The van der Waals surface area contributed by atoms with Crippen molar-refractivity contribution in [1.29, 1.82) is 0 Å². The minimum Gasteiger partial charge on any atom is -0.481 e. The summed E-state index contributed by atoms with van der Waals surface area (Å²) in [6.45, 7) is 12.8. The fourth-order valence-electron chi connectivity index (χ4n) is 2.46. The second-order valence-corrected chi connectivity index (χ2v) is 5.37. The molecule has 0 radical (unpaired) electrons. The van der Waals surface area contributed by atoms with Crippen LogP contribution in [0.25, 0.3) is 0 Å². The molecule has 0 aromatic heterocycles. The van der Waals surface area contributed by atoms with Gasteiger partial charge in [0.15, 0.2) is 6.10 Å². The molecule has 22 heavy (non-hydrogen) atoms. The van der Waals surface area contributed by atoms with Crippen LogP contribution >= 0.6 is 0 Å². The minimum atomic E-state index is -0.448. The largest absolute Gasteiger partial charge is 0.481 e. The van der Waals surface area contributed by atoms with Crippen LogP contribution in [0.3, 0.4) is 0 Å². The van der Waals surface area contributed by atoms with Gasteiger partial charge >= 0.3 is 0 Å². The van der Waals surface area contributed by atoms with Gasteiger partial charge in [-0.1, -0.05) is 32.0 Å². The van der Waals surface area contributed by atoms with Gasteiger partial charge in [-0.3, -0.25) is 4.79 Å². The summed E-state index contributed by atoms with van der Waals surface area (Å²) in [5, 5.41) is 0. The lowest BCUT2D eigenvalue weighted by Crippen LogP contribution is -2.41. The van der Waals surface area contributed by atoms with Crippen molar-refractivity contribution in [3.63, 3.8) is 0 Å². The molecule has 0 aliphatic carbocycles. The molecule has 0 fully saturated rings. The standard InChI is InChI=1S/C18H30N2O2/c1-5-19(6-2)14-11-15-20(7-3)18(21)16(4)22-17-12-9-8-10-13-17/h8-10,12-13,16H,5-7,11,14-15H2,1-4H3/t16-/m0/s1. The van der Waals surface area contributed by atoms with Gasteiger partial charge in [0, 0.05) is 13.1 Å². The fraction of sp³-hybridized carbons (Fsp3) is 0.611. The summed E-state index contributed by atoms with van der Waals surface area (Å²) in [5.74, 6) is 0.799. The molecular weight excluding hydrogens is 276 g/mol. The average molecular weight is 306 g/mol. The molecule has 1 rings (SSSR count). The highest BCUT2D eigenvalue weighted by atomic mass is 16.5. The number of nitrogens with zero attached hydrogens (tertiary/aromatic N) is 2. The van der Waals surface area contributed by atoms with Gasteiger partial charge in [-0.15, -0.1) is 0 Å². The molecular formula is C18H30N2O2. The highest BCUT2D eigenvalue weighted by molar-refractivity contribution is 5.80. The van der Waals surface area contributed by atoms with Crippen molar-refractivity contribution in [3.05, 3.63) is 30.3 Å². The number of carbonyl (C=O) groups is 1. The van der Waals surface area contributed by atoms with Gasteiger partial charge in [0.2, 0.25) is 0 Å². The first-order valence-electron chi connectivity index (χ1n) is 8.35. The Labute approximate surface area is 135 Å². The Morgan fingerprint density at radius 1 is 1.05 bits per heavy atom. The van der Waals surface area contributed by atoms with Gasteiger partial charge in [0.05, 0.1) is 0 Å². The number of amides is 1. The van der Waals surface area contributed by atoms with E-state index in [0.29, 0.717) is 0 Å². The van der Waals surface area contributed by atoms with Crippen molar-refractivity contribution in [1.82, 2.24) is 9.80 Å². The third kappa shape index (κ3) is 6.06. The number of hydrogen-bond donors (Lipinski definition) is 0. The highest BCUT2D eigenvalue weighted by Gasteiger charge is 2.20. The van der Waals surface area contributed by atoms with E-state index in [1.807, 2.05) is 49.1 Å². The van der Waals surface area contributed by atoms with Gasteiger partial charge < -0.3 is 14.5 Å². The zero-order valence-corrected chi connectivity index (χ0v) is 14.4. The van der Waals surface area contributed by atoms with Crippen LogP contribution < -0.4 is 4.74 Å². The van der Waals surface area contributed by atoms with Crippen LogP contribution in [0, 0.1) is 0 Å². The summed E-state index contributed by atoms with van der Waals surface area (Å²) in [7, 11) is 0. The molecule has 0 bridgehead atoms. The molecule has 124 valence electrons. The minimum absolute atomic E-state index is 0.0610. The van der Waals surface area contributed by atoms with Gasteiger partial charge in [0.25, 0.3) is 5.91 Å². The fourth-order valence-corrected chi connectivity index (χ4v) is 2.46. The Bertz CT molecular complexity index is 418. The van der Waals surface area contributed by atoms with Crippen molar-refractivity contribution in [2.45, 2.75) is 40.2 Å². The van der Waals surface area contributed by atoms with Crippen molar-refractivity contribution >= 4 is 5.91 Å². The molecule has 0 aliphatic rings. The van der Waals surface area contributed by atoms with E-state index in [1.165, 1.54) is 0 Å². The van der Waals surface area contributed by atoms with Crippen LogP contribution in [0.5, 0.6) is 5.75 Å². The first-order valence-corrected chi connectivity index (χ1v) is 8.35. The molecule has 0 spiro atoms. The zero-order valence-electron chi connectivity index (χ0n) is 14.4. The predicted octanol–water partition coefficient (Wildman–Crippen LogP) is 3.03. The molecule has 4 heteroatoms. The topological polar surface area (TPSA) is 32.8 Å². The summed E-state index contributed by atoms with van der Waals surface area (Å²) in [4.78, 5) is 16.7. The van der Waals surface area contributed by atoms with Crippen LogP contribution in [-0.2, 0) is 4.79 Å². The summed E-state index contributed by atoms with van der Waals surface area (Å²) in [5.41, 5.74) is 0. The Kier molecular flexibility index (Phi) is 8.60. The second kappa shape index (κ2) is 10.2. The van der Waals surface area contributed by atoms with Crippen LogP contribution in [0.1, 0.15) is 34.1 Å². The van der Waals surface area contributed by atoms with E-state index in [0.717, 1.165) is 44.9 Å². The van der Waals surface area contributed by atoms with Crippen LogP contribution in [0.15, 0.2) is 30.3 Å². The quantitative estimate of drug-likeness (QED) is 0.666. The lowest BCUT2D eigenvalue weighted by atomic mass is 10.2. The SMILES string of the molecule is CCN(CC)CCCN(CC)C(=O)[C@H](C)Oc1ccccc1. The highest BCUT2D eigenvalue weighted by Crippen LogP contribution is 2.12. The molecule has 0 saturated heterocycles. The van der Waals surface area contributed by atoms with Crippen molar-refractivity contribution in [3.8, 4) is 5.75 Å². The third-order valence-corrected chi connectivity index (χ3v) is 3.89. The smallest absolute Gasteiger partial charge is 0.263 e. The molecule has 1 aromatic rings. The summed E-state index contributed by atoms with van der Waals surface area (Å²) < 4.78 is 5.73. The molecule has 1 amide bonds. The number of benzene rings is 1. The van der Waals surface area contributed by atoms with E-state index in [1.54, 1.807) is 0 Å². The number of ether oxygens (including phenoxy) is 1. The van der Waals surface area contributed by atoms with E-state index < -0.39 is 6.10 Å². The number of rotatable bonds is 10. The van der Waals surface area contributed by atoms with Gasteiger partial charge in [-0.25, -0.2) is 0 Å². The maximum absolute atomic E-state index is 12.5. The first kappa shape index (κ1) is 18.5. The number of para-hydroxylation sites is 1. The van der Waals surface area contributed by atoms with Crippen LogP contribution in [0.2, 0.25) is 0 Å². The van der Waals surface area contributed by atoms with Crippen molar-refractivity contribution in [2.24, 2.45) is 0 Å². The molecule has 0 saturated carbocycles. The van der Waals surface area contributed by atoms with E-state index in [4.69, 9.17) is 4.74 Å². The lowest BCUT2D eigenvalue weighted by Gasteiger charge is -2.26. The average Bonchev–Trinajstić information content (AvgIpc) is 2.55. The molecule has 0 unspecified atom stereocenters. The molecule has 4 nitrogen and oxygen atoms in total. The Morgan fingerprint density at radius 3 is 2.23 bits per heavy atom. The number of hydrogen-bond acceptors (Lipinski definition) is 3. The summed E-state index contributed by atoms with van der Waals surface area (Å²) in [6.07, 6.45) is 0.551. The molecule has 1 aromatic carbocycles. The Hall–Kier alpha value is -1.55. The Morgan fingerprint density at radius 2 is 1.68 bits per heavy atom. The summed E-state index contributed by atoms with van der Waals surface area (Å²) in [6, 6.07) is 9.51. The van der Waals surface area contributed by atoms with E-state index in [-0.39, 0.29) is 5.91 Å². The maximum atomic E-state index is 12.5. The van der Waals surface area contributed by atoms with Gasteiger partial charge in [-0.2, -0.15) is 0 Å². The molecule has 1 atom stereocenters. The molecule has 0 aliphatic heterocycles. The third-order valence-electron chi connectivity index (χ3n) is 3.89. The van der Waals surface area contributed by atoms with Crippen molar-refractivity contribution in [2.75, 3.05) is 32.7 Å².